The molecule has 272 valence electrons. The summed E-state index contributed by atoms with van der Waals surface area (Å²) < 4.78 is 4.67. The minimum Gasteiger partial charge on any atom is -0.344 e. The van der Waals surface area contributed by atoms with E-state index in [4.69, 9.17) is 0 Å². The highest BCUT2D eigenvalue weighted by Crippen LogP contribution is 2.45. The molecule has 10 aromatic carbocycles. The molecule has 2 aromatic heterocycles. The summed E-state index contributed by atoms with van der Waals surface area (Å²) in [6, 6.07) is 72.1. The molecule has 0 unspecified atom stereocenters. The maximum absolute atomic E-state index is 2.46. The zero-order valence-electron chi connectivity index (χ0n) is 32.4. The van der Waals surface area contributed by atoms with Crippen LogP contribution in [0.3, 0.4) is 0 Å². The van der Waals surface area contributed by atoms with Crippen LogP contribution in [0.4, 0.5) is 0 Å². The van der Waals surface area contributed by atoms with Crippen LogP contribution in [0.5, 0.6) is 0 Å². The lowest BCUT2D eigenvalue weighted by Gasteiger charge is -2.18. The third-order valence-electron chi connectivity index (χ3n) is 12.7. The van der Waals surface area contributed by atoms with Gasteiger partial charge in [0, 0.05) is 57.7 Å². The van der Waals surface area contributed by atoms with Crippen LogP contribution in [0.2, 0.25) is 0 Å². The van der Waals surface area contributed by atoms with Crippen molar-refractivity contribution in [1.29, 1.82) is 0 Å². The number of aromatic nitrogens is 2. The lowest BCUT2D eigenvalue weighted by molar-refractivity contribution is 1.01. The van der Waals surface area contributed by atoms with Crippen LogP contribution in [-0.4, -0.2) is 9.13 Å². The van der Waals surface area contributed by atoms with Crippen molar-refractivity contribution >= 4 is 75.9 Å². The number of nitrogens with zero attached hydrogens (tertiary/aromatic N) is 2. The van der Waals surface area contributed by atoms with Crippen LogP contribution in [-0.2, 0) is 14.1 Å². The minimum atomic E-state index is 1.22. The molecule has 2 nitrogen and oxygen atoms in total. The summed E-state index contributed by atoms with van der Waals surface area (Å²) in [4.78, 5) is 0. The third-order valence-corrected chi connectivity index (χ3v) is 12.7. The van der Waals surface area contributed by atoms with Crippen molar-refractivity contribution in [2.24, 2.45) is 14.1 Å². The fourth-order valence-corrected chi connectivity index (χ4v) is 9.95. The van der Waals surface area contributed by atoms with Gasteiger partial charge in [0.1, 0.15) is 0 Å². The molecule has 0 saturated heterocycles. The highest BCUT2D eigenvalue weighted by atomic mass is 14.9. The molecule has 0 amide bonds. The number of para-hydroxylation sites is 2. The van der Waals surface area contributed by atoms with Gasteiger partial charge >= 0.3 is 0 Å². The third kappa shape index (κ3) is 4.79. The molecule has 0 aliphatic carbocycles. The number of fused-ring (bicyclic) bond motifs is 9. The van der Waals surface area contributed by atoms with Gasteiger partial charge in [-0.1, -0.05) is 158 Å². The first kappa shape index (κ1) is 32.8. The van der Waals surface area contributed by atoms with Crippen molar-refractivity contribution < 1.29 is 0 Å². The van der Waals surface area contributed by atoms with Gasteiger partial charge in [-0.25, -0.2) is 0 Å². The summed E-state index contributed by atoms with van der Waals surface area (Å²) in [5.74, 6) is 0. The van der Waals surface area contributed by atoms with E-state index in [2.05, 4.69) is 217 Å². The Kier molecular flexibility index (Phi) is 7.09. The molecule has 58 heavy (non-hydrogen) atoms. The number of aryl methyl sites for hydroxylation is 2. The standard InChI is InChI=1S/C56H38N2/c1-57-52-23-8-6-16-44(52)46-29-25-37(32-54(46)57)41-19-11-21-48-50(41)34-51-42(38-26-30-47-45-17-7-9-24-53(45)58(2)55(47)33-38)20-12-22-49(51)56(48)39-27-28-43-36(31-39)15-10-18-40(43)35-13-4-3-5-14-35/h3-34H,1-2H3. The number of benzene rings is 10. The number of hydrogen-bond acceptors (Lipinski definition) is 0. The molecular formula is C56H38N2. The summed E-state index contributed by atoms with van der Waals surface area (Å²) in [5, 5.41) is 12.6. The van der Waals surface area contributed by atoms with Crippen molar-refractivity contribution in [2.75, 3.05) is 0 Å². The molecule has 12 aromatic rings. The Balaban J connectivity index is 1.15. The Morgan fingerprint density at radius 2 is 0.707 bits per heavy atom. The Bertz CT molecular complexity index is 3460. The monoisotopic (exact) mass is 738 g/mol. The predicted molar refractivity (Wildman–Crippen MR) is 249 cm³/mol. The van der Waals surface area contributed by atoms with Gasteiger partial charge in [-0.05, 0) is 113 Å². The van der Waals surface area contributed by atoms with E-state index in [-0.39, 0.29) is 0 Å². The zero-order valence-corrected chi connectivity index (χ0v) is 32.4. The summed E-state index contributed by atoms with van der Waals surface area (Å²) in [5.41, 5.74) is 14.9. The molecule has 12 rings (SSSR count). The van der Waals surface area contributed by atoms with E-state index < -0.39 is 0 Å². The highest BCUT2D eigenvalue weighted by molar-refractivity contribution is 6.20. The molecule has 2 heterocycles. The smallest absolute Gasteiger partial charge is 0.0494 e. The second-order valence-electron chi connectivity index (χ2n) is 15.8. The summed E-state index contributed by atoms with van der Waals surface area (Å²) >= 11 is 0. The van der Waals surface area contributed by atoms with E-state index in [9.17, 15) is 0 Å². The van der Waals surface area contributed by atoms with E-state index in [1.165, 1.54) is 120 Å². The maximum Gasteiger partial charge on any atom is 0.0494 e. The average Bonchev–Trinajstić information content (AvgIpc) is 3.74. The van der Waals surface area contributed by atoms with E-state index in [1.807, 2.05) is 0 Å². The van der Waals surface area contributed by atoms with Gasteiger partial charge in [-0.3, -0.25) is 0 Å². The van der Waals surface area contributed by atoms with Gasteiger partial charge in [0.25, 0.3) is 0 Å². The minimum absolute atomic E-state index is 1.22. The molecule has 0 radical (unpaired) electrons. The summed E-state index contributed by atoms with van der Waals surface area (Å²) in [7, 11) is 4.37. The van der Waals surface area contributed by atoms with Gasteiger partial charge in [0.05, 0.1) is 0 Å². The Morgan fingerprint density at radius 3 is 1.29 bits per heavy atom. The first-order valence-electron chi connectivity index (χ1n) is 20.1. The molecule has 0 saturated carbocycles. The Morgan fingerprint density at radius 1 is 0.259 bits per heavy atom. The molecule has 0 aliphatic heterocycles. The molecule has 2 heteroatoms. The van der Waals surface area contributed by atoms with Crippen molar-refractivity contribution in [3.63, 3.8) is 0 Å². The topological polar surface area (TPSA) is 9.86 Å². The quantitative estimate of drug-likeness (QED) is 0.159. The van der Waals surface area contributed by atoms with E-state index in [1.54, 1.807) is 0 Å². The molecule has 0 bridgehead atoms. The largest absolute Gasteiger partial charge is 0.344 e. The van der Waals surface area contributed by atoms with Crippen molar-refractivity contribution in [1.82, 2.24) is 9.13 Å². The van der Waals surface area contributed by atoms with Crippen LogP contribution in [0, 0.1) is 0 Å². The predicted octanol–water partition coefficient (Wildman–Crippen LogP) is 15.1. The molecular weight excluding hydrogens is 701 g/mol. The molecule has 0 atom stereocenters. The molecule has 0 spiro atoms. The first-order valence-corrected chi connectivity index (χ1v) is 20.1. The fourth-order valence-electron chi connectivity index (χ4n) is 9.95. The van der Waals surface area contributed by atoms with Gasteiger partial charge in [0.2, 0.25) is 0 Å². The van der Waals surface area contributed by atoms with Crippen LogP contribution < -0.4 is 0 Å². The van der Waals surface area contributed by atoms with E-state index >= 15 is 0 Å². The highest BCUT2D eigenvalue weighted by Gasteiger charge is 2.19. The van der Waals surface area contributed by atoms with Crippen molar-refractivity contribution in [3.05, 3.63) is 194 Å². The second-order valence-corrected chi connectivity index (χ2v) is 15.8. The van der Waals surface area contributed by atoms with Crippen LogP contribution >= 0.6 is 0 Å². The molecule has 0 fully saturated rings. The zero-order chi connectivity index (χ0) is 38.5. The first-order chi connectivity index (χ1) is 28.6. The Labute approximate surface area is 336 Å². The van der Waals surface area contributed by atoms with Crippen LogP contribution in [0.1, 0.15) is 0 Å². The summed E-state index contributed by atoms with van der Waals surface area (Å²) in [6.07, 6.45) is 0. The summed E-state index contributed by atoms with van der Waals surface area (Å²) in [6.45, 7) is 0. The maximum atomic E-state index is 2.46. The molecule has 0 aliphatic rings. The van der Waals surface area contributed by atoms with Gasteiger partial charge in [0.15, 0.2) is 0 Å². The lowest BCUT2D eigenvalue weighted by atomic mass is 9.85. The number of rotatable bonds is 4. The second kappa shape index (κ2) is 12.5. The fraction of sp³-hybridized carbons (Fsp3) is 0.0357. The van der Waals surface area contributed by atoms with Crippen LogP contribution in [0.15, 0.2) is 194 Å². The van der Waals surface area contributed by atoms with Gasteiger partial charge in [-0.15, -0.1) is 0 Å². The van der Waals surface area contributed by atoms with E-state index in [0.717, 1.165) is 0 Å². The normalized spacial score (nSPS) is 12.0. The number of hydrogen-bond donors (Lipinski definition) is 0. The van der Waals surface area contributed by atoms with Crippen LogP contribution in [0.25, 0.3) is 120 Å². The lowest BCUT2D eigenvalue weighted by Crippen LogP contribution is -1.92. The van der Waals surface area contributed by atoms with Gasteiger partial charge in [-0.2, -0.15) is 0 Å². The van der Waals surface area contributed by atoms with Crippen molar-refractivity contribution in [3.8, 4) is 44.5 Å². The Hall–Kier alpha value is -7.42. The SMILES string of the molecule is Cn1c2ccccc2c2ccc(-c3cccc4c(-c5ccc6c(-c7ccccc7)cccc6c5)c5cccc(-c6ccc7c8ccccc8n(C)c7c6)c5cc34)cc21. The van der Waals surface area contributed by atoms with E-state index in [0.29, 0.717) is 0 Å². The average molecular weight is 739 g/mol. The van der Waals surface area contributed by atoms with Crippen molar-refractivity contribution in [2.45, 2.75) is 0 Å². The molecule has 0 N–H and O–H groups in total. The van der Waals surface area contributed by atoms with Gasteiger partial charge < -0.3 is 9.13 Å².